The lowest BCUT2D eigenvalue weighted by Crippen LogP contribution is -2.38. The Morgan fingerprint density at radius 3 is 2.36 bits per heavy atom. The number of hydrogen-bond acceptors (Lipinski definition) is 4. The molecule has 8 heteroatoms. The van der Waals surface area contributed by atoms with Gasteiger partial charge in [-0.15, -0.1) is 11.3 Å². The molecule has 4 rings (SSSR count). The van der Waals surface area contributed by atoms with Gasteiger partial charge >= 0.3 is 5.97 Å². The number of nitrogens with zero attached hydrogens (tertiary/aromatic N) is 1. The Balaban J connectivity index is 1.60. The highest BCUT2D eigenvalue weighted by molar-refractivity contribution is 7.89. The lowest BCUT2D eigenvalue weighted by Gasteiger charge is -2.31. The molecule has 0 saturated carbocycles. The van der Waals surface area contributed by atoms with Crippen molar-refractivity contribution in [3.8, 4) is 0 Å². The molecular formula is C20H18ClNO4S2. The van der Waals surface area contributed by atoms with Crippen LogP contribution in [0, 0.1) is 0 Å². The van der Waals surface area contributed by atoms with Crippen LogP contribution in [-0.2, 0) is 10.0 Å². The molecule has 1 aromatic heterocycles. The molecule has 0 aliphatic carbocycles. The second-order valence-corrected chi connectivity index (χ2v) is 10.2. The van der Waals surface area contributed by atoms with Crippen molar-refractivity contribution in [3.63, 3.8) is 0 Å². The average Bonchev–Trinajstić information content (AvgIpc) is 3.08. The summed E-state index contributed by atoms with van der Waals surface area (Å²) in [6.45, 7) is 0.720. The number of hydrogen-bond donors (Lipinski definition) is 1. The fraction of sp³-hybridized carbons (Fsp3) is 0.250. The van der Waals surface area contributed by atoms with E-state index in [1.54, 1.807) is 12.1 Å². The third-order valence-electron chi connectivity index (χ3n) is 5.14. The Bertz CT molecular complexity index is 1130. The number of aromatic carboxylic acids is 1. The van der Waals surface area contributed by atoms with Crippen LogP contribution in [-0.4, -0.2) is 36.9 Å². The predicted octanol–water partition coefficient (Wildman–Crippen LogP) is 4.82. The summed E-state index contributed by atoms with van der Waals surface area (Å²) >= 11 is 7.14. The lowest BCUT2D eigenvalue weighted by atomic mass is 9.88. The Morgan fingerprint density at radius 2 is 1.71 bits per heavy atom. The van der Waals surface area contributed by atoms with Gasteiger partial charge in [-0.1, -0.05) is 29.8 Å². The first-order valence-corrected chi connectivity index (χ1v) is 11.5. The van der Waals surface area contributed by atoms with Gasteiger partial charge in [0.05, 0.1) is 4.90 Å². The molecule has 2 heterocycles. The van der Waals surface area contributed by atoms with E-state index in [4.69, 9.17) is 11.6 Å². The minimum Gasteiger partial charge on any atom is -0.477 e. The first kappa shape index (κ1) is 19.4. The number of thiophene rings is 1. The fourth-order valence-electron chi connectivity index (χ4n) is 3.77. The number of halogens is 1. The number of piperidine rings is 1. The molecule has 0 amide bonds. The third-order valence-corrected chi connectivity index (χ3v) is 8.48. The van der Waals surface area contributed by atoms with Gasteiger partial charge in [-0.2, -0.15) is 4.31 Å². The molecule has 0 atom stereocenters. The highest BCUT2D eigenvalue weighted by Gasteiger charge is 2.33. The van der Waals surface area contributed by atoms with Crippen LogP contribution in [0.3, 0.4) is 0 Å². The van der Waals surface area contributed by atoms with Gasteiger partial charge in [0, 0.05) is 22.8 Å². The standard InChI is InChI=1S/C20H18ClNO4S2/c21-14-5-7-15(8-6-14)28(25,26)22-11-9-13(10-12-22)18-16-3-1-2-4-17(16)27-19(18)20(23)24/h1-8,13H,9-12H2,(H,23,24). The number of rotatable bonds is 4. The van der Waals surface area contributed by atoms with Crippen LogP contribution < -0.4 is 0 Å². The molecule has 0 radical (unpaired) electrons. The minimum absolute atomic E-state index is 0.0268. The quantitative estimate of drug-likeness (QED) is 0.637. The van der Waals surface area contributed by atoms with Gasteiger partial charge in [-0.25, -0.2) is 13.2 Å². The van der Waals surface area contributed by atoms with E-state index in [1.165, 1.54) is 27.8 Å². The first-order valence-electron chi connectivity index (χ1n) is 8.88. The summed E-state index contributed by atoms with van der Waals surface area (Å²) in [4.78, 5) is 12.3. The maximum Gasteiger partial charge on any atom is 0.346 e. The van der Waals surface area contributed by atoms with Crippen molar-refractivity contribution in [3.05, 3.63) is 64.0 Å². The van der Waals surface area contributed by atoms with Crippen molar-refractivity contribution in [2.45, 2.75) is 23.7 Å². The minimum atomic E-state index is -3.58. The molecule has 146 valence electrons. The van der Waals surface area contributed by atoms with E-state index in [0.717, 1.165) is 15.6 Å². The molecule has 1 aliphatic heterocycles. The molecule has 1 saturated heterocycles. The molecule has 28 heavy (non-hydrogen) atoms. The van der Waals surface area contributed by atoms with Gasteiger partial charge in [-0.3, -0.25) is 0 Å². The van der Waals surface area contributed by atoms with E-state index in [9.17, 15) is 18.3 Å². The van der Waals surface area contributed by atoms with E-state index >= 15 is 0 Å². The molecule has 0 spiro atoms. The second kappa shape index (κ2) is 7.48. The Hall–Kier alpha value is -1.93. The summed E-state index contributed by atoms with van der Waals surface area (Å²) in [6.07, 6.45) is 1.18. The van der Waals surface area contributed by atoms with Crippen molar-refractivity contribution < 1.29 is 18.3 Å². The number of carboxylic acids is 1. The summed E-state index contributed by atoms with van der Waals surface area (Å²) in [6, 6.07) is 13.8. The maximum atomic E-state index is 12.9. The predicted molar refractivity (Wildman–Crippen MR) is 111 cm³/mol. The van der Waals surface area contributed by atoms with E-state index < -0.39 is 16.0 Å². The molecule has 3 aromatic rings. The SMILES string of the molecule is O=C(O)c1sc2ccccc2c1C1CCN(S(=O)(=O)c2ccc(Cl)cc2)CC1. The highest BCUT2D eigenvalue weighted by Crippen LogP contribution is 2.41. The zero-order chi connectivity index (χ0) is 19.9. The Morgan fingerprint density at radius 1 is 1.07 bits per heavy atom. The molecular weight excluding hydrogens is 418 g/mol. The smallest absolute Gasteiger partial charge is 0.346 e. The molecule has 2 aromatic carbocycles. The summed E-state index contributed by atoms with van der Waals surface area (Å²) in [5.41, 5.74) is 0.844. The summed E-state index contributed by atoms with van der Waals surface area (Å²) in [5.74, 6) is -0.897. The van der Waals surface area contributed by atoms with E-state index in [-0.39, 0.29) is 10.8 Å². The highest BCUT2D eigenvalue weighted by atomic mass is 35.5. The number of fused-ring (bicyclic) bond motifs is 1. The van der Waals surface area contributed by atoms with Crippen LogP contribution >= 0.6 is 22.9 Å². The van der Waals surface area contributed by atoms with Crippen LogP contribution in [0.5, 0.6) is 0 Å². The normalized spacial score (nSPS) is 16.5. The summed E-state index contributed by atoms with van der Waals surface area (Å²) in [5, 5.41) is 11.1. The van der Waals surface area contributed by atoms with Crippen LogP contribution in [0.15, 0.2) is 53.4 Å². The summed E-state index contributed by atoms with van der Waals surface area (Å²) in [7, 11) is -3.58. The zero-order valence-electron chi connectivity index (χ0n) is 14.8. The van der Waals surface area contributed by atoms with Crippen molar-refractivity contribution in [2.24, 2.45) is 0 Å². The topological polar surface area (TPSA) is 74.7 Å². The Kier molecular flexibility index (Phi) is 5.18. The molecule has 1 aliphatic rings. The van der Waals surface area contributed by atoms with Gasteiger partial charge < -0.3 is 5.11 Å². The third kappa shape index (κ3) is 3.43. The molecule has 1 N–H and O–H groups in total. The van der Waals surface area contributed by atoms with Gasteiger partial charge in [0.2, 0.25) is 10.0 Å². The van der Waals surface area contributed by atoms with E-state index in [2.05, 4.69) is 0 Å². The average molecular weight is 436 g/mol. The number of benzene rings is 2. The largest absolute Gasteiger partial charge is 0.477 e. The molecule has 0 bridgehead atoms. The fourth-order valence-corrected chi connectivity index (χ4v) is 6.49. The van der Waals surface area contributed by atoms with Gasteiger partial charge in [0.1, 0.15) is 4.88 Å². The van der Waals surface area contributed by atoms with Crippen LogP contribution in [0.25, 0.3) is 10.1 Å². The van der Waals surface area contributed by atoms with Crippen LogP contribution in [0.4, 0.5) is 0 Å². The van der Waals surface area contributed by atoms with Crippen molar-refractivity contribution in [1.82, 2.24) is 4.31 Å². The van der Waals surface area contributed by atoms with Crippen molar-refractivity contribution in [2.75, 3.05) is 13.1 Å². The Labute approximate surface area is 172 Å². The van der Waals surface area contributed by atoms with Crippen LogP contribution in [0.1, 0.15) is 34.0 Å². The zero-order valence-corrected chi connectivity index (χ0v) is 17.2. The molecule has 5 nitrogen and oxygen atoms in total. The number of carbonyl (C=O) groups is 1. The van der Waals surface area contributed by atoms with E-state index in [1.807, 2.05) is 24.3 Å². The van der Waals surface area contributed by atoms with Crippen LogP contribution in [0.2, 0.25) is 5.02 Å². The van der Waals surface area contributed by atoms with Crippen molar-refractivity contribution >= 4 is 49.0 Å². The van der Waals surface area contributed by atoms with E-state index in [0.29, 0.717) is 35.8 Å². The monoisotopic (exact) mass is 435 g/mol. The van der Waals surface area contributed by atoms with Gasteiger partial charge in [0.15, 0.2) is 0 Å². The second-order valence-electron chi connectivity index (χ2n) is 6.78. The summed E-state index contributed by atoms with van der Waals surface area (Å²) < 4.78 is 28.2. The van der Waals surface area contributed by atoms with Crippen molar-refractivity contribution in [1.29, 1.82) is 0 Å². The molecule has 1 fully saturated rings. The molecule has 0 unspecified atom stereocenters. The number of carboxylic acid groups (broad SMARTS) is 1. The van der Waals surface area contributed by atoms with Gasteiger partial charge in [-0.05, 0) is 60.0 Å². The number of sulfonamides is 1. The van der Waals surface area contributed by atoms with Gasteiger partial charge in [0.25, 0.3) is 0 Å². The lowest BCUT2D eigenvalue weighted by molar-refractivity contribution is 0.0700. The maximum absolute atomic E-state index is 12.9. The first-order chi connectivity index (χ1) is 13.4.